The second-order valence-corrected chi connectivity index (χ2v) is 11.6. The normalized spacial score (nSPS) is 20.4. The van der Waals surface area contributed by atoms with Gasteiger partial charge in [0.1, 0.15) is 17.4 Å². The third kappa shape index (κ3) is 5.03. The molecule has 2 aliphatic rings. The van der Waals surface area contributed by atoms with E-state index in [1.807, 2.05) is 26.8 Å². The van der Waals surface area contributed by atoms with Gasteiger partial charge in [-0.2, -0.15) is 10.4 Å². The zero-order chi connectivity index (χ0) is 25.6. The van der Waals surface area contributed by atoms with Crippen LogP contribution in [0.3, 0.4) is 0 Å². The molecular weight excluding hydrogens is 497 g/mol. The van der Waals surface area contributed by atoms with Gasteiger partial charge < -0.3 is 14.9 Å². The van der Waals surface area contributed by atoms with Crippen LogP contribution in [0, 0.1) is 23.2 Å². The van der Waals surface area contributed by atoms with E-state index in [-0.39, 0.29) is 11.7 Å². The van der Waals surface area contributed by atoms with Gasteiger partial charge in [0.2, 0.25) is 0 Å². The second kappa shape index (κ2) is 9.79. The SMILES string of the molecule is CC(c1ccc(Cl)cc1Cl)n1nc(C#N)c2ncc(N3CC(C4CCCN(CC(C)(C)O)C4)C3)nc21. The molecule has 3 aromatic rings. The van der Waals surface area contributed by atoms with Gasteiger partial charge in [-0.05, 0) is 69.7 Å². The van der Waals surface area contributed by atoms with Crippen LogP contribution in [-0.4, -0.2) is 68.1 Å². The van der Waals surface area contributed by atoms with Gasteiger partial charge >= 0.3 is 0 Å². The minimum absolute atomic E-state index is 0.247. The molecule has 5 rings (SSSR count). The summed E-state index contributed by atoms with van der Waals surface area (Å²) in [6, 6.07) is 7.26. The highest BCUT2D eigenvalue weighted by Crippen LogP contribution is 2.35. The molecule has 36 heavy (non-hydrogen) atoms. The number of benzene rings is 1. The number of hydrogen-bond donors (Lipinski definition) is 1. The van der Waals surface area contributed by atoms with Crippen molar-refractivity contribution < 1.29 is 5.11 Å². The van der Waals surface area contributed by atoms with Gasteiger partial charge in [-0.25, -0.2) is 14.6 Å². The molecule has 2 atom stereocenters. The zero-order valence-electron chi connectivity index (χ0n) is 20.8. The van der Waals surface area contributed by atoms with Crippen molar-refractivity contribution >= 4 is 40.2 Å². The lowest BCUT2D eigenvalue weighted by molar-refractivity contribution is 0.0132. The summed E-state index contributed by atoms with van der Waals surface area (Å²) in [5.41, 5.74) is 1.48. The number of likely N-dealkylation sites (tertiary alicyclic amines) is 1. The summed E-state index contributed by atoms with van der Waals surface area (Å²) in [4.78, 5) is 14.1. The average Bonchev–Trinajstić information content (AvgIpc) is 3.15. The second-order valence-electron chi connectivity index (χ2n) is 10.8. The first-order chi connectivity index (χ1) is 17.1. The zero-order valence-corrected chi connectivity index (χ0v) is 22.3. The van der Waals surface area contributed by atoms with Crippen LogP contribution < -0.4 is 4.90 Å². The van der Waals surface area contributed by atoms with Gasteiger partial charge in [-0.1, -0.05) is 29.3 Å². The van der Waals surface area contributed by atoms with Crippen molar-refractivity contribution in [3.8, 4) is 6.07 Å². The third-order valence-electron chi connectivity index (χ3n) is 7.33. The molecule has 0 radical (unpaired) electrons. The van der Waals surface area contributed by atoms with Crippen LogP contribution in [0.4, 0.5) is 5.82 Å². The smallest absolute Gasteiger partial charge is 0.190 e. The van der Waals surface area contributed by atoms with E-state index in [0.717, 1.165) is 37.6 Å². The number of nitrogens with zero attached hydrogens (tertiary/aromatic N) is 7. The largest absolute Gasteiger partial charge is 0.389 e. The fourth-order valence-electron chi connectivity index (χ4n) is 5.53. The lowest BCUT2D eigenvalue weighted by Crippen LogP contribution is -2.54. The fraction of sp³-hybridized carbons (Fsp3) is 0.538. The molecule has 10 heteroatoms. The van der Waals surface area contributed by atoms with E-state index < -0.39 is 5.60 Å². The number of anilines is 1. The summed E-state index contributed by atoms with van der Waals surface area (Å²) >= 11 is 12.5. The summed E-state index contributed by atoms with van der Waals surface area (Å²) in [6.45, 7) is 10.4. The lowest BCUT2D eigenvalue weighted by Gasteiger charge is -2.47. The highest BCUT2D eigenvalue weighted by molar-refractivity contribution is 6.35. The molecule has 0 spiro atoms. The van der Waals surface area contributed by atoms with Crippen LogP contribution in [-0.2, 0) is 0 Å². The Morgan fingerprint density at radius 3 is 2.69 bits per heavy atom. The van der Waals surface area contributed by atoms with E-state index in [4.69, 9.17) is 28.2 Å². The van der Waals surface area contributed by atoms with E-state index in [0.29, 0.717) is 39.6 Å². The quantitative estimate of drug-likeness (QED) is 0.502. The molecule has 0 bridgehead atoms. The van der Waals surface area contributed by atoms with Gasteiger partial charge in [0.15, 0.2) is 11.3 Å². The highest BCUT2D eigenvalue weighted by atomic mass is 35.5. The first kappa shape index (κ1) is 25.2. The van der Waals surface area contributed by atoms with Crippen LogP contribution in [0.1, 0.15) is 50.9 Å². The molecular formula is C26H31Cl2N7O. The Bertz CT molecular complexity index is 1310. The molecule has 4 heterocycles. The van der Waals surface area contributed by atoms with E-state index in [1.54, 1.807) is 23.0 Å². The molecule has 2 unspecified atom stereocenters. The molecule has 2 aliphatic heterocycles. The summed E-state index contributed by atoms with van der Waals surface area (Å²) in [6.07, 6.45) is 4.14. The fourth-order valence-corrected chi connectivity index (χ4v) is 6.10. The molecule has 1 aromatic carbocycles. The molecule has 2 aromatic heterocycles. The molecule has 0 amide bonds. The molecule has 0 aliphatic carbocycles. The minimum Gasteiger partial charge on any atom is -0.389 e. The van der Waals surface area contributed by atoms with Crippen molar-refractivity contribution in [2.75, 3.05) is 37.6 Å². The number of nitriles is 1. The van der Waals surface area contributed by atoms with Crippen molar-refractivity contribution in [2.24, 2.45) is 11.8 Å². The maximum absolute atomic E-state index is 10.2. The van der Waals surface area contributed by atoms with Gasteiger partial charge in [0, 0.05) is 36.2 Å². The maximum Gasteiger partial charge on any atom is 0.190 e. The molecule has 2 fully saturated rings. The summed E-state index contributed by atoms with van der Waals surface area (Å²) in [5, 5.41) is 25.5. The minimum atomic E-state index is -0.669. The lowest BCUT2D eigenvalue weighted by atomic mass is 9.80. The van der Waals surface area contributed by atoms with Gasteiger partial charge in [0.25, 0.3) is 0 Å². The number of fused-ring (bicyclic) bond motifs is 1. The Morgan fingerprint density at radius 2 is 2.00 bits per heavy atom. The number of piperidine rings is 1. The Hall–Kier alpha value is -2.44. The molecule has 2 saturated heterocycles. The van der Waals surface area contributed by atoms with Crippen molar-refractivity contribution in [2.45, 2.75) is 45.3 Å². The van der Waals surface area contributed by atoms with Crippen molar-refractivity contribution in [1.29, 1.82) is 5.26 Å². The number of rotatable bonds is 6. The summed E-state index contributed by atoms with van der Waals surface area (Å²) in [7, 11) is 0. The predicted octanol–water partition coefficient (Wildman–Crippen LogP) is 4.53. The number of aliphatic hydroxyl groups is 1. The third-order valence-corrected chi connectivity index (χ3v) is 7.89. The summed E-state index contributed by atoms with van der Waals surface area (Å²) in [5.74, 6) is 2.01. The number of halogens is 2. The van der Waals surface area contributed by atoms with Crippen molar-refractivity contribution in [3.05, 3.63) is 45.7 Å². The highest BCUT2D eigenvalue weighted by Gasteiger charge is 2.37. The Balaban J connectivity index is 1.35. The molecule has 0 saturated carbocycles. The predicted molar refractivity (Wildman–Crippen MR) is 141 cm³/mol. The molecule has 8 nitrogen and oxygen atoms in total. The standard InChI is InChI=1S/C26H31Cl2N7O/c1-16(20-7-6-19(27)9-21(20)28)35-25-24(22(10-29)32-35)30-11-23(31-25)34-13-18(14-34)17-5-4-8-33(12-17)15-26(2,3)36/h6-7,9,11,16-18,36H,4-5,8,12-15H2,1-3H3. The Kier molecular flexibility index (Phi) is 6.86. The first-order valence-electron chi connectivity index (χ1n) is 12.4. The van der Waals surface area contributed by atoms with Crippen LogP contribution in [0.25, 0.3) is 11.2 Å². The van der Waals surface area contributed by atoms with E-state index >= 15 is 0 Å². The Morgan fingerprint density at radius 1 is 1.22 bits per heavy atom. The van der Waals surface area contributed by atoms with E-state index in [9.17, 15) is 10.4 Å². The van der Waals surface area contributed by atoms with E-state index in [2.05, 4.69) is 26.0 Å². The Labute approximate surface area is 221 Å². The number of β-amino-alcohol motifs (C(OH)–C–C–N with tert-alkyl or cyclic N) is 1. The number of aromatic nitrogens is 4. The van der Waals surface area contributed by atoms with Crippen LogP contribution in [0.5, 0.6) is 0 Å². The van der Waals surface area contributed by atoms with Gasteiger partial charge in [-0.3, -0.25) is 0 Å². The summed E-state index contributed by atoms with van der Waals surface area (Å²) < 4.78 is 1.73. The molecule has 190 valence electrons. The van der Waals surface area contributed by atoms with Gasteiger partial charge in [-0.15, -0.1) is 0 Å². The van der Waals surface area contributed by atoms with E-state index in [1.165, 1.54) is 12.8 Å². The molecule has 1 N–H and O–H groups in total. The first-order valence-corrected chi connectivity index (χ1v) is 13.2. The van der Waals surface area contributed by atoms with Crippen LogP contribution in [0.15, 0.2) is 24.4 Å². The van der Waals surface area contributed by atoms with Gasteiger partial charge in [0.05, 0.1) is 17.8 Å². The average molecular weight is 528 g/mol. The van der Waals surface area contributed by atoms with Crippen LogP contribution >= 0.6 is 23.2 Å². The van der Waals surface area contributed by atoms with Crippen LogP contribution in [0.2, 0.25) is 10.0 Å². The topological polar surface area (TPSA) is 94.1 Å². The monoisotopic (exact) mass is 527 g/mol. The maximum atomic E-state index is 10.2. The number of hydrogen-bond acceptors (Lipinski definition) is 7. The van der Waals surface area contributed by atoms with Crippen molar-refractivity contribution in [1.82, 2.24) is 24.6 Å². The van der Waals surface area contributed by atoms with Crippen molar-refractivity contribution in [3.63, 3.8) is 0 Å².